The van der Waals surface area contributed by atoms with E-state index in [0.29, 0.717) is 18.4 Å². The van der Waals surface area contributed by atoms with Crippen LogP contribution in [0.5, 0.6) is 5.75 Å². The van der Waals surface area contributed by atoms with Crippen LogP contribution < -0.4 is 15.0 Å². The zero-order chi connectivity index (χ0) is 13.7. The Bertz CT molecular complexity index is 403. The number of ether oxygens (including phenoxy) is 1. The van der Waals surface area contributed by atoms with Gasteiger partial charge in [-0.2, -0.15) is 0 Å². The summed E-state index contributed by atoms with van der Waals surface area (Å²) in [7, 11) is 0. The van der Waals surface area contributed by atoms with E-state index in [4.69, 9.17) is 4.74 Å². The molecular weight excluding hydrogens is 243 g/mol. The third kappa shape index (κ3) is 3.60. The Morgan fingerprint density at radius 2 is 2.05 bits per heavy atom. The van der Waals surface area contributed by atoms with Crippen LogP contribution in [0.2, 0.25) is 0 Å². The van der Waals surface area contributed by atoms with E-state index in [1.807, 2.05) is 13.0 Å². The molecule has 1 aromatic rings. The number of halogens is 1. The number of hydrogen-bond acceptors (Lipinski definition) is 3. The molecule has 0 unspecified atom stereocenters. The van der Waals surface area contributed by atoms with Crippen molar-refractivity contribution in [3.8, 4) is 5.75 Å². The molecule has 0 aliphatic carbocycles. The van der Waals surface area contributed by atoms with E-state index < -0.39 is 0 Å². The van der Waals surface area contributed by atoms with Crippen LogP contribution in [0.25, 0.3) is 0 Å². The first-order chi connectivity index (χ1) is 9.24. The van der Waals surface area contributed by atoms with E-state index in [1.54, 1.807) is 12.1 Å². The van der Waals surface area contributed by atoms with E-state index in [1.165, 1.54) is 0 Å². The summed E-state index contributed by atoms with van der Waals surface area (Å²) < 4.78 is 19.0. The number of rotatable bonds is 5. The van der Waals surface area contributed by atoms with Gasteiger partial charge in [0.25, 0.3) is 0 Å². The molecule has 0 saturated carbocycles. The first-order valence-electron chi connectivity index (χ1n) is 7.15. The predicted molar refractivity (Wildman–Crippen MR) is 76.5 cm³/mol. The number of nitrogens with one attached hydrogen (secondary N) is 1. The Morgan fingerprint density at radius 1 is 1.32 bits per heavy atom. The molecule has 0 bridgehead atoms. The van der Waals surface area contributed by atoms with Gasteiger partial charge in [-0.05, 0) is 38.4 Å². The van der Waals surface area contributed by atoms with E-state index in [2.05, 4.69) is 17.1 Å². The molecule has 0 aromatic heterocycles. The molecule has 0 atom stereocenters. The second-order valence-corrected chi connectivity index (χ2v) is 4.87. The van der Waals surface area contributed by atoms with Gasteiger partial charge in [-0.1, -0.05) is 6.92 Å². The molecule has 3 nitrogen and oxygen atoms in total. The average Bonchev–Trinajstić information content (AvgIpc) is 2.43. The maximum absolute atomic E-state index is 13.8. The fourth-order valence-electron chi connectivity index (χ4n) is 2.59. The molecule has 1 heterocycles. The molecule has 0 radical (unpaired) electrons. The summed E-state index contributed by atoms with van der Waals surface area (Å²) in [6.45, 7) is 7.45. The van der Waals surface area contributed by atoms with Crippen molar-refractivity contribution in [3.05, 3.63) is 24.0 Å². The van der Waals surface area contributed by atoms with Crippen molar-refractivity contribution < 1.29 is 9.13 Å². The summed E-state index contributed by atoms with van der Waals surface area (Å²) in [6.07, 6.45) is 2.23. The van der Waals surface area contributed by atoms with Gasteiger partial charge in [0.1, 0.15) is 0 Å². The molecule has 1 aromatic carbocycles. The Morgan fingerprint density at radius 3 is 2.63 bits per heavy atom. The smallest absolute Gasteiger partial charge is 0.167 e. The van der Waals surface area contributed by atoms with E-state index in [0.717, 1.165) is 38.2 Å². The largest absolute Gasteiger partial charge is 0.491 e. The summed E-state index contributed by atoms with van der Waals surface area (Å²) in [4.78, 5) is 2.24. The fraction of sp³-hybridized carbons (Fsp3) is 0.600. The van der Waals surface area contributed by atoms with E-state index in [9.17, 15) is 4.39 Å². The summed E-state index contributed by atoms with van der Waals surface area (Å²) in [5.41, 5.74) is 0.955. The topological polar surface area (TPSA) is 24.5 Å². The van der Waals surface area contributed by atoms with Crippen LogP contribution >= 0.6 is 0 Å². The Hall–Kier alpha value is -1.29. The van der Waals surface area contributed by atoms with Gasteiger partial charge >= 0.3 is 0 Å². The molecule has 1 saturated heterocycles. The zero-order valence-corrected chi connectivity index (χ0v) is 11.8. The summed E-state index contributed by atoms with van der Waals surface area (Å²) >= 11 is 0. The zero-order valence-electron chi connectivity index (χ0n) is 11.8. The molecule has 106 valence electrons. The number of hydrogen-bond donors (Lipinski definition) is 1. The highest BCUT2D eigenvalue weighted by Crippen LogP contribution is 2.26. The monoisotopic (exact) mass is 266 g/mol. The van der Waals surface area contributed by atoms with E-state index >= 15 is 0 Å². The normalized spacial score (nSPS) is 16.7. The van der Waals surface area contributed by atoms with Gasteiger partial charge in [-0.15, -0.1) is 0 Å². The quantitative estimate of drug-likeness (QED) is 0.887. The van der Waals surface area contributed by atoms with Crippen molar-refractivity contribution in [2.75, 3.05) is 31.1 Å². The van der Waals surface area contributed by atoms with Gasteiger partial charge in [0.2, 0.25) is 0 Å². The highest BCUT2D eigenvalue weighted by atomic mass is 19.1. The molecule has 4 heteroatoms. The second-order valence-electron chi connectivity index (χ2n) is 4.87. The minimum Gasteiger partial charge on any atom is -0.491 e. The first kappa shape index (κ1) is 14.1. The Labute approximate surface area is 114 Å². The van der Waals surface area contributed by atoms with Crippen molar-refractivity contribution in [1.29, 1.82) is 0 Å². The molecule has 1 aliphatic rings. The number of piperidine rings is 1. The van der Waals surface area contributed by atoms with Crippen molar-refractivity contribution in [2.45, 2.75) is 32.7 Å². The molecule has 0 amide bonds. The number of benzene rings is 1. The van der Waals surface area contributed by atoms with Crippen molar-refractivity contribution in [1.82, 2.24) is 5.32 Å². The first-order valence-corrected chi connectivity index (χ1v) is 7.15. The fourth-order valence-corrected chi connectivity index (χ4v) is 2.59. The van der Waals surface area contributed by atoms with Crippen LogP contribution in [0, 0.1) is 5.82 Å². The maximum Gasteiger partial charge on any atom is 0.167 e. The van der Waals surface area contributed by atoms with Crippen LogP contribution in [0.15, 0.2) is 18.2 Å². The predicted octanol–water partition coefficient (Wildman–Crippen LogP) is 2.80. The summed E-state index contributed by atoms with van der Waals surface area (Å²) in [5, 5.41) is 3.47. The maximum atomic E-state index is 13.8. The SMILES string of the molecule is CCNC1CCN(c2ccc(OCC)c(F)c2)CC1. The molecule has 1 aliphatic heterocycles. The lowest BCUT2D eigenvalue weighted by Gasteiger charge is -2.34. The summed E-state index contributed by atoms with van der Waals surface area (Å²) in [5.74, 6) is 0.0712. The number of anilines is 1. The molecule has 2 rings (SSSR count). The lowest BCUT2D eigenvalue weighted by Crippen LogP contribution is -2.42. The summed E-state index contributed by atoms with van der Waals surface area (Å²) in [6, 6.07) is 5.86. The van der Waals surface area contributed by atoms with Crippen LogP contribution in [0.1, 0.15) is 26.7 Å². The van der Waals surface area contributed by atoms with Crippen molar-refractivity contribution >= 4 is 5.69 Å². The lowest BCUT2D eigenvalue weighted by atomic mass is 10.0. The molecular formula is C15H23FN2O. The Balaban J connectivity index is 1.97. The van der Waals surface area contributed by atoms with Gasteiger partial charge in [0.15, 0.2) is 11.6 Å². The van der Waals surface area contributed by atoms with Crippen LogP contribution in [0.3, 0.4) is 0 Å². The molecule has 19 heavy (non-hydrogen) atoms. The van der Waals surface area contributed by atoms with Gasteiger partial charge in [-0.25, -0.2) is 4.39 Å². The molecule has 0 spiro atoms. The second kappa shape index (κ2) is 6.75. The molecule has 1 fully saturated rings. The van der Waals surface area contributed by atoms with Crippen LogP contribution in [-0.2, 0) is 0 Å². The van der Waals surface area contributed by atoms with E-state index in [-0.39, 0.29) is 5.82 Å². The lowest BCUT2D eigenvalue weighted by molar-refractivity contribution is 0.321. The van der Waals surface area contributed by atoms with Crippen molar-refractivity contribution in [2.24, 2.45) is 0 Å². The number of nitrogens with zero attached hydrogens (tertiary/aromatic N) is 1. The third-order valence-electron chi connectivity index (χ3n) is 3.57. The average molecular weight is 266 g/mol. The molecule has 1 N–H and O–H groups in total. The van der Waals surface area contributed by atoms with Crippen LogP contribution in [0.4, 0.5) is 10.1 Å². The standard InChI is InChI=1S/C15H23FN2O/c1-3-17-12-7-9-18(10-8-12)13-5-6-15(19-4-2)14(16)11-13/h5-6,11-12,17H,3-4,7-10H2,1-2H3. The third-order valence-corrected chi connectivity index (χ3v) is 3.57. The van der Waals surface area contributed by atoms with Crippen molar-refractivity contribution in [3.63, 3.8) is 0 Å². The minimum atomic E-state index is -0.270. The highest BCUT2D eigenvalue weighted by Gasteiger charge is 2.19. The highest BCUT2D eigenvalue weighted by molar-refractivity contribution is 5.50. The van der Waals surface area contributed by atoms with Gasteiger partial charge in [0, 0.05) is 30.9 Å². The van der Waals surface area contributed by atoms with Gasteiger partial charge in [-0.3, -0.25) is 0 Å². The van der Waals surface area contributed by atoms with Crippen LogP contribution in [-0.4, -0.2) is 32.3 Å². The Kier molecular flexibility index (Phi) is 5.02. The van der Waals surface area contributed by atoms with Gasteiger partial charge < -0.3 is 15.0 Å². The minimum absolute atomic E-state index is 0.270. The van der Waals surface area contributed by atoms with Gasteiger partial charge in [0.05, 0.1) is 6.61 Å².